The molecule has 1 aliphatic heterocycles. The van der Waals surface area contributed by atoms with Crippen LogP contribution in [0.15, 0.2) is 82.8 Å². The molecule has 0 bridgehead atoms. The van der Waals surface area contributed by atoms with Gasteiger partial charge in [0.05, 0.1) is 11.6 Å². The van der Waals surface area contributed by atoms with Crippen molar-refractivity contribution < 1.29 is 19.8 Å². The number of benzene rings is 3. The number of aliphatic hydroxyl groups is 1. The van der Waals surface area contributed by atoms with E-state index in [4.69, 9.17) is 11.6 Å². The fourth-order valence-corrected chi connectivity index (χ4v) is 3.83. The second kappa shape index (κ2) is 7.97. The number of phenols is 1. The van der Waals surface area contributed by atoms with Crippen molar-refractivity contribution in [3.8, 4) is 5.75 Å². The van der Waals surface area contributed by atoms with Crippen LogP contribution >= 0.6 is 27.5 Å². The fraction of sp³-hybridized carbons (Fsp3) is 0.0435. The Balaban J connectivity index is 1.93. The zero-order valence-electron chi connectivity index (χ0n) is 15.4. The van der Waals surface area contributed by atoms with Crippen molar-refractivity contribution >= 4 is 50.7 Å². The maximum atomic E-state index is 13.0. The Morgan fingerprint density at radius 3 is 2.10 bits per heavy atom. The molecule has 1 fully saturated rings. The Labute approximate surface area is 186 Å². The molecule has 1 atom stereocenters. The highest BCUT2D eigenvalue weighted by Crippen LogP contribution is 2.42. The standard InChI is InChI=1S/C23H15BrClNO4/c24-15-5-1-14(2-6-15)21(28)19-20(13-3-11-18(27)12-4-13)26(23(30)22(19)29)17-9-7-16(25)8-10-17/h1-12,20,27-28H/b21-19+. The summed E-state index contributed by atoms with van der Waals surface area (Å²) < 4.78 is 0.816. The van der Waals surface area contributed by atoms with Gasteiger partial charge in [-0.15, -0.1) is 0 Å². The lowest BCUT2D eigenvalue weighted by atomic mass is 9.95. The molecule has 1 aliphatic rings. The average molecular weight is 485 g/mol. The summed E-state index contributed by atoms with van der Waals surface area (Å²) in [6.07, 6.45) is 0. The van der Waals surface area contributed by atoms with Crippen LogP contribution in [-0.4, -0.2) is 21.9 Å². The summed E-state index contributed by atoms with van der Waals surface area (Å²) in [6, 6.07) is 18.6. The van der Waals surface area contributed by atoms with Crippen LogP contribution in [0.25, 0.3) is 5.76 Å². The van der Waals surface area contributed by atoms with Crippen LogP contribution in [0.4, 0.5) is 5.69 Å². The first-order valence-corrected chi connectivity index (χ1v) is 10.2. The maximum absolute atomic E-state index is 13.0. The number of Topliss-reactive ketones (excluding diaryl/α,β-unsaturated/α-hetero) is 1. The Hall–Kier alpha value is -3.09. The number of hydrogen-bond donors (Lipinski definition) is 2. The van der Waals surface area contributed by atoms with E-state index in [9.17, 15) is 19.8 Å². The minimum atomic E-state index is -0.865. The molecule has 3 aromatic rings. The molecule has 0 spiro atoms. The fourth-order valence-electron chi connectivity index (χ4n) is 3.44. The molecule has 4 rings (SSSR count). The van der Waals surface area contributed by atoms with E-state index in [1.54, 1.807) is 60.7 Å². The highest BCUT2D eigenvalue weighted by Gasteiger charge is 2.46. The van der Waals surface area contributed by atoms with Crippen LogP contribution in [0.3, 0.4) is 0 Å². The molecule has 7 heteroatoms. The van der Waals surface area contributed by atoms with Gasteiger partial charge < -0.3 is 10.2 Å². The van der Waals surface area contributed by atoms with Crippen LogP contribution in [-0.2, 0) is 9.59 Å². The number of carbonyl (C=O) groups excluding carboxylic acids is 2. The van der Waals surface area contributed by atoms with Crippen molar-refractivity contribution in [3.05, 3.63) is 99.0 Å². The van der Waals surface area contributed by atoms with Gasteiger partial charge in [0.1, 0.15) is 11.5 Å². The predicted molar refractivity (Wildman–Crippen MR) is 118 cm³/mol. The average Bonchev–Trinajstić information content (AvgIpc) is 3.00. The number of halogens is 2. The molecule has 150 valence electrons. The lowest BCUT2D eigenvalue weighted by molar-refractivity contribution is -0.132. The Kier molecular flexibility index (Phi) is 5.37. The highest BCUT2D eigenvalue weighted by molar-refractivity contribution is 9.10. The van der Waals surface area contributed by atoms with Gasteiger partial charge in [0, 0.05) is 20.7 Å². The van der Waals surface area contributed by atoms with Gasteiger partial charge in [0.25, 0.3) is 11.7 Å². The molecule has 1 unspecified atom stereocenters. The lowest BCUT2D eigenvalue weighted by Gasteiger charge is -2.25. The summed E-state index contributed by atoms with van der Waals surface area (Å²) in [7, 11) is 0. The van der Waals surface area contributed by atoms with Crippen molar-refractivity contribution in [1.82, 2.24) is 0 Å². The van der Waals surface area contributed by atoms with Crippen molar-refractivity contribution in [2.45, 2.75) is 6.04 Å². The molecular formula is C23H15BrClNO4. The van der Waals surface area contributed by atoms with Crippen LogP contribution in [0.2, 0.25) is 5.02 Å². The normalized spacial score (nSPS) is 18.1. The number of anilines is 1. The topological polar surface area (TPSA) is 77.8 Å². The zero-order valence-corrected chi connectivity index (χ0v) is 17.8. The Bertz CT molecular complexity index is 1160. The van der Waals surface area contributed by atoms with E-state index < -0.39 is 17.7 Å². The third-order valence-corrected chi connectivity index (χ3v) is 5.66. The quantitative estimate of drug-likeness (QED) is 0.295. The minimum absolute atomic E-state index is 0.0250. The SMILES string of the molecule is O=C1C(=O)N(c2ccc(Cl)cc2)C(c2ccc(O)cc2)/C1=C(\O)c1ccc(Br)cc1. The first-order chi connectivity index (χ1) is 14.4. The lowest BCUT2D eigenvalue weighted by Crippen LogP contribution is -2.29. The summed E-state index contributed by atoms with van der Waals surface area (Å²) in [5.41, 5.74) is 1.43. The van der Waals surface area contributed by atoms with Gasteiger partial charge in [0.15, 0.2) is 0 Å². The molecule has 0 radical (unpaired) electrons. The molecule has 3 aromatic carbocycles. The number of carbonyl (C=O) groups is 2. The molecule has 30 heavy (non-hydrogen) atoms. The molecule has 5 nitrogen and oxygen atoms in total. The number of aromatic hydroxyl groups is 1. The van der Waals surface area contributed by atoms with Gasteiger partial charge >= 0.3 is 0 Å². The summed E-state index contributed by atoms with van der Waals surface area (Å²) in [4.78, 5) is 27.3. The smallest absolute Gasteiger partial charge is 0.300 e. The number of rotatable bonds is 3. The van der Waals surface area contributed by atoms with Gasteiger partial charge in [-0.2, -0.15) is 0 Å². The van der Waals surface area contributed by atoms with E-state index in [2.05, 4.69) is 15.9 Å². The third-order valence-electron chi connectivity index (χ3n) is 4.88. The van der Waals surface area contributed by atoms with E-state index in [-0.39, 0.29) is 17.1 Å². The number of aliphatic hydroxyl groups excluding tert-OH is 1. The van der Waals surface area contributed by atoms with Gasteiger partial charge in [-0.25, -0.2) is 0 Å². The number of phenolic OH excluding ortho intramolecular Hbond substituents is 1. The maximum Gasteiger partial charge on any atom is 0.300 e. The molecule has 1 saturated heterocycles. The molecular weight excluding hydrogens is 470 g/mol. The largest absolute Gasteiger partial charge is 0.508 e. The third kappa shape index (κ3) is 3.60. The predicted octanol–water partition coefficient (Wildman–Crippen LogP) is 5.43. The first kappa shape index (κ1) is 20.2. The van der Waals surface area contributed by atoms with E-state index in [0.717, 1.165) is 4.47 Å². The van der Waals surface area contributed by atoms with Crippen LogP contribution in [0.1, 0.15) is 17.2 Å². The summed E-state index contributed by atoms with van der Waals surface area (Å²) in [6.45, 7) is 0. The van der Waals surface area contributed by atoms with Crippen LogP contribution in [0.5, 0.6) is 5.75 Å². The molecule has 1 amide bonds. The van der Waals surface area contributed by atoms with Crippen molar-refractivity contribution in [2.75, 3.05) is 4.90 Å². The van der Waals surface area contributed by atoms with Crippen LogP contribution in [0, 0.1) is 0 Å². The van der Waals surface area contributed by atoms with E-state index in [0.29, 0.717) is 21.8 Å². The van der Waals surface area contributed by atoms with Crippen LogP contribution < -0.4 is 4.90 Å². The Morgan fingerprint density at radius 2 is 1.50 bits per heavy atom. The Morgan fingerprint density at radius 1 is 0.900 bits per heavy atom. The number of amides is 1. The molecule has 0 saturated carbocycles. The second-order valence-corrected chi connectivity index (χ2v) is 8.10. The first-order valence-electron chi connectivity index (χ1n) is 8.98. The van der Waals surface area contributed by atoms with Gasteiger partial charge in [-0.1, -0.05) is 51.8 Å². The summed E-state index contributed by atoms with van der Waals surface area (Å²) >= 11 is 9.31. The molecule has 0 aromatic heterocycles. The molecule has 2 N–H and O–H groups in total. The molecule has 0 aliphatic carbocycles. The number of hydrogen-bond acceptors (Lipinski definition) is 4. The van der Waals surface area contributed by atoms with Gasteiger partial charge in [-0.05, 0) is 54.1 Å². The highest BCUT2D eigenvalue weighted by atomic mass is 79.9. The van der Waals surface area contributed by atoms with E-state index >= 15 is 0 Å². The van der Waals surface area contributed by atoms with Crippen molar-refractivity contribution in [3.63, 3.8) is 0 Å². The number of nitrogens with zero attached hydrogens (tertiary/aromatic N) is 1. The summed E-state index contributed by atoms with van der Waals surface area (Å²) in [5.74, 6) is -1.76. The zero-order chi connectivity index (χ0) is 21.4. The van der Waals surface area contributed by atoms with Gasteiger partial charge in [0.2, 0.25) is 0 Å². The van der Waals surface area contributed by atoms with Gasteiger partial charge in [-0.3, -0.25) is 14.5 Å². The minimum Gasteiger partial charge on any atom is -0.508 e. The van der Waals surface area contributed by atoms with E-state index in [1.807, 2.05) is 0 Å². The number of ketones is 1. The monoisotopic (exact) mass is 483 g/mol. The second-order valence-electron chi connectivity index (χ2n) is 6.74. The van der Waals surface area contributed by atoms with E-state index in [1.165, 1.54) is 17.0 Å². The molecule has 1 heterocycles. The summed E-state index contributed by atoms with van der Waals surface area (Å²) in [5, 5.41) is 21.1. The van der Waals surface area contributed by atoms with Crippen molar-refractivity contribution in [2.24, 2.45) is 0 Å². The van der Waals surface area contributed by atoms with Crippen molar-refractivity contribution in [1.29, 1.82) is 0 Å².